The second-order valence-corrected chi connectivity index (χ2v) is 6.85. The van der Waals surface area contributed by atoms with Gasteiger partial charge in [0.05, 0.1) is 0 Å². The van der Waals surface area contributed by atoms with Crippen molar-refractivity contribution in [2.45, 2.75) is 69.7 Å². The average Bonchev–Trinajstić information content (AvgIpc) is 3.02. The van der Waals surface area contributed by atoms with E-state index in [0.29, 0.717) is 0 Å². The molecule has 3 rings (SSSR count). The fraction of sp³-hybridized carbons (Fsp3) is 0.684. The Balaban J connectivity index is 1.36. The van der Waals surface area contributed by atoms with E-state index in [0.717, 1.165) is 17.9 Å². The van der Waals surface area contributed by atoms with Gasteiger partial charge in [-0.15, -0.1) is 0 Å². The number of hydrogen-bond acceptors (Lipinski definition) is 1. The maximum absolute atomic E-state index is 3.82. The van der Waals surface area contributed by atoms with Gasteiger partial charge >= 0.3 is 0 Å². The lowest BCUT2D eigenvalue weighted by molar-refractivity contribution is 0.332. The Labute approximate surface area is 124 Å². The second-order valence-electron chi connectivity index (χ2n) is 6.85. The van der Waals surface area contributed by atoms with Crippen molar-refractivity contribution in [3.63, 3.8) is 0 Å². The van der Waals surface area contributed by atoms with Crippen LogP contribution in [0.2, 0.25) is 0 Å². The smallest absolute Gasteiger partial charge is 0.00674 e. The molecular weight excluding hydrogens is 242 g/mol. The van der Waals surface area contributed by atoms with Gasteiger partial charge in [-0.2, -0.15) is 0 Å². The van der Waals surface area contributed by atoms with E-state index in [2.05, 4.69) is 35.6 Å². The highest BCUT2D eigenvalue weighted by Crippen LogP contribution is 2.33. The average molecular weight is 271 g/mol. The molecule has 0 atom stereocenters. The highest BCUT2D eigenvalue weighted by molar-refractivity contribution is 5.20. The van der Waals surface area contributed by atoms with Crippen LogP contribution < -0.4 is 5.32 Å². The molecule has 0 aliphatic heterocycles. The largest absolute Gasteiger partial charge is 0.314 e. The van der Waals surface area contributed by atoms with E-state index in [9.17, 15) is 0 Å². The van der Waals surface area contributed by atoms with Crippen molar-refractivity contribution in [1.82, 2.24) is 5.32 Å². The molecule has 2 fully saturated rings. The summed E-state index contributed by atoms with van der Waals surface area (Å²) in [4.78, 5) is 0. The lowest BCUT2D eigenvalue weighted by Crippen LogP contribution is -2.34. The Morgan fingerprint density at radius 2 is 1.55 bits per heavy atom. The summed E-state index contributed by atoms with van der Waals surface area (Å²) in [5.74, 6) is 1.84. The van der Waals surface area contributed by atoms with Crippen molar-refractivity contribution in [3.8, 4) is 0 Å². The molecule has 2 aliphatic carbocycles. The van der Waals surface area contributed by atoms with Crippen LogP contribution in [-0.2, 0) is 0 Å². The van der Waals surface area contributed by atoms with Gasteiger partial charge in [-0.1, -0.05) is 56.0 Å². The Bertz CT molecular complexity index is 372. The molecule has 0 amide bonds. The Morgan fingerprint density at radius 1 is 0.850 bits per heavy atom. The third-order valence-electron chi connectivity index (χ3n) is 5.46. The van der Waals surface area contributed by atoms with Crippen LogP contribution in [0.25, 0.3) is 0 Å². The minimum atomic E-state index is 0.788. The van der Waals surface area contributed by atoms with E-state index in [1.165, 1.54) is 64.3 Å². The fourth-order valence-corrected chi connectivity index (χ4v) is 4.15. The number of hydrogen-bond donors (Lipinski definition) is 1. The predicted molar refractivity (Wildman–Crippen MR) is 86.0 cm³/mol. The lowest BCUT2D eigenvalue weighted by atomic mass is 9.82. The minimum absolute atomic E-state index is 0.788. The first kappa shape index (κ1) is 14.1. The molecule has 0 radical (unpaired) electrons. The zero-order valence-corrected chi connectivity index (χ0v) is 12.7. The van der Waals surface area contributed by atoms with E-state index in [1.54, 1.807) is 5.56 Å². The fourth-order valence-electron chi connectivity index (χ4n) is 4.15. The van der Waals surface area contributed by atoms with Crippen LogP contribution >= 0.6 is 0 Å². The maximum atomic E-state index is 3.82. The van der Waals surface area contributed by atoms with E-state index in [1.807, 2.05) is 0 Å². The van der Waals surface area contributed by atoms with Crippen LogP contribution in [-0.4, -0.2) is 12.6 Å². The molecule has 2 saturated carbocycles. The summed E-state index contributed by atoms with van der Waals surface area (Å²) in [7, 11) is 0. The summed E-state index contributed by atoms with van der Waals surface area (Å²) in [5, 5.41) is 3.82. The van der Waals surface area contributed by atoms with E-state index < -0.39 is 0 Å². The first-order chi connectivity index (χ1) is 9.92. The molecule has 1 aromatic carbocycles. The highest BCUT2D eigenvalue weighted by atomic mass is 14.9. The van der Waals surface area contributed by atoms with Crippen LogP contribution in [0.5, 0.6) is 0 Å². The summed E-state index contributed by atoms with van der Waals surface area (Å²) < 4.78 is 0. The van der Waals surface area contributed by atoms with Crippen LogP contribution in [0.1, 0.15) is 69.3 Å². The molecule has 0 unspecified atom stereocenters. The monoisotopic (exact) mass is 271 g/mol. The van der Waals surface area contributed by atoms with Crippen molar-refractivity contribution >= 4 is 0 Å². The molecule has 0 heterocycles. The maximum Gasteiger partial charge on any atom is 0.00674 e. The minimum Gasteiger partial charge on any atom is -0.314 e. The van der Waals surface area contributed by atoms with Crippen molar-refractivity contribution in [2.75, 3.05) is 6.54 Å². The van der Waals surface area contributed by atoms with Crippen molar-refractivity contribution in [3.05, 3.63) is 35.9 Å². The van der Waals surface area contributed by atoms with Crippen LogP contribution in [0.15, 0.2) is 30.3 Å². The van der Waals surface area contributed by atoms with Crippen molar-refractivity contribution < 1.29 is 0 Å². The molecule has 0 saturated heterocycles. The van der Waals surface area contributed by atoms with Gasteiger partial charge in [-0.3, -0.25) is 0 Å². The Hall–Kier alpha value is -0.820. The first-order valence-electron chi connectivity index (χ1n) is 8.70. The van der Waals surface area contributed by atoms with Gasteiger partial charge in [0.1, 0.15) is 0 Å². The van der Waals surface area contributed by atoms with E-state index >= 15 is 0 Å². The van der Waals surface area contributed by atoms with Crippen LogP contribution in [0, 0.1) is 5.92 Å². The van der Waals surface area contributed by atoms with E-state index in [4.69, 9.17) is 0 Å². The number of benzene rings is 1. The quantitative estimate of drug-likeness (QED) is 0.804. The van der Waals surface area contributed by atoms with Gasteiger partial charge in [-0.25, -0.2) is 0 Å². The van der Waals surface area contributed by atoms with Crippen LogP contribution in [0.4, 0.5) is 0 Å². The summed E-state index contributed by atoms with van der Waals surface area (Å²) in [6, 6.07) is 11.9. The van der Waals surface area contributed by atoms with Gasteiger partial charge < -0.3 is 5.32 Å². The molecule has 0 spiro atoms. The molecule has 0 bridgehead atoms. The standard InChI is InChI=1S/C19H29N/c1-2-8-17(9-3-1)18-10-12-19(13-11-18)20-15-14-16-6-4-5-7-16/h1-3,8-9,16,18-20H,4-7,10-15H2. The topological polar surface area (TPSA) is 12.0 Å². The van der Waals surface area contributed by atoms with Gasteiger partial charge in [0, 0.05) is 6.04 Å². The number of nitrogens with one attached hydrogen (secondary N) is 1. The normalized spacial score (nSPS) is 27.8. The third-order valence-corrected chi connectivity index (χ3v) is 5.46. The SMILES string of the molecule is c1ccc(C2CCC(NCCC3CCCC3)CC2)cc1. The van der Waals surface area contributed by atoms with Gasteiger partial charge in [0.25, 0.3) is 0 Å². The molecule has 110 valence electrons. The molecule has 20 heavy (non-hydrogen) atoms. The van der Waals surface area contributed by atoms with Gasteiger partial charge in [0.15, 0.2) is 0 Å². The zero-order valence-electron chi connectivity index (χ0n) is 12.7. The molecule has 2 aliphatic rings. The predicted octanol–water partition coefficient (Wildman–Crippen LogP) is 4.88. The molecule has 1 nitrogen and oxygen atoms in total. The molecule has 1 heteroatoms. The molecular formula is C19H29N. The van der Waals surface area contributed by atoms with E-state index in [-0.39, 0.29) is 0 Å². The summed E-state index contributed by atoms with van der Waals surface area (Å²) >= 11 is 0. The van der Waals surface area contributed by atoms with Crippen molar-refractivity contribution in [2.24, 2.45) is 5.92 Å². The van der Waals surface area contributed by atoms with Crippen LogP contribution in [0.3, 0.4) is 0 Å². The Kier molecular flexibility index (Phi) is 5.13. The number of rotatable bonds is 5. The molecule has 0 aromatic heterocycles. The summed E-state index contributed by atoms with van der Waals surface area (Å²) in [6.45, 7) is 1.26. The van der Waals surface area contributed by atoms with Gasteiger partial charge in [0.2, 0.25) is 0 Å². The molecule has 1 N–H and O–H groups in total. The van der Waals surface area contributed by atoms with Crippen molar-refractivity contribution in [1.29, 1.82) is 0 Å². The zero-order chi connectivity index (χ0) is 13.6. The lowest BCUT2D eigenvalue weighted by Gasteiger charge is -2.29. The van der Waals surface area contributed by atoms with Gasteiger partial charge in [-0.05, 0) is 56.0 Å². The summed E-state index contributed by atoms with van der Waals surface area (Å²) in [6.07, 6.45) is 12.8. The highest BCUT2D eigenvalue weighted by Gasteiger charge is 2.22. The summed E-state index contributed by atoms with van der Waals surface area (Å²) in [5.41, 5.74) is 1.55. The molecule has 1 aromatic rings. The second kappa shape index (κ2) is 7.26. The Morgan fingerprint density at radius 3 is 2.25 bits per heavy atom. The third kappa shape index (κ3) is 3.85. The first-order valence-corrected chi connectivity index (χ1v) is 8.70.